The molecule has 0 spiro atoms. The molecule has 2 aliphatic heterocycles. The van der Waals surface area contributed by atoms with Gasteiger partial charge in [-0.2, -0.15) is 0 Å². The van der Waals surface area contributed by atoms with E-state index in [-0.39, 0.29) is 17.8 Å². The number of hydrogen-bond acceptors (Lipinski definition) is 4. The molecule has 0 radical (unpaired) electrons. The minimum atomic E-state index is -0.0503. The topological polar surface area (TPSA) is 32.8 Å². The molecular formula is C21H24N2O2. The lowest BCUT2D eigenvalue weighted by molar-refractivity contribution is -0.141. The number of cyclic esters (lactones) is 1. The van der Waals surface area contributed by atoms with E-state index in [2.05, 4.69) is 52.3 Å². The van der Waals surface area contributed by atoms with Crippen molar-refractivity contribution in [3.8, 4) is 0 Å². The summed E-state index contributed by atoms with van der Waals surface area (Å²) in [5.41, 5.74) is 2.49. The molecule has 2 aliphatic rings. The van der Waals surface area contributed by atoms with Gasteiger partial charge in [-0.1, -0.05) is 48.5 Å². The first-order valence-electron chi connectivity index (χ1n) is 9.05. The van der Waals surface area contributed by atoms with Gasteiger partial charge in [0.05, 0.1) is 12.5 Å². The summed E-state index contributed by atoms with van der Waals surface area (Å²) in [7, 11) is 0. The Balaban J connectivity index is 1.38. The number of piperazine rings is 1. The quantitative estimate of drug-likeness (QED) is 0.804. The van der Waals surface area contributed by atoms with Crippen molar-refractivity contribution in [3.05, 3.63) is 66.2 Å². The van der Waals surface area contributed by atoms with Crippen LogP contribution in [0.25, 0.3) is 0 Å². The zero-order valence-electron chi connectivity index (χ0n) is 14.4. The summed E-state index contributed by atoms with van der Waals surface area (Å²) in [4.78, 5) is 17.1. The largest absolute Gasteiger partial charge is 0.465 e. The summed E-state index contributed by atoms with van der Waals surface area (Å²) >= 11 is 0. The van der Waals surface area contributed by atoms with Gasteiger partial charge in [-0.15, -0.1) is 0 Å². The molecule has 2 unspecified atom stereocenters. The van der Waals surface area contributed by atoms with Crippen LogP contribution < -0.4 is 4.90 Å². The first-order valence-corrected chi connectivity index (χ1v) is 9.05. The van der Waals surface area contributed by atoms with Crippen LogP contribution in [0.3, 0.4) is 0 Å². The highest BCUT2D eigenvalue weighted by Gasteiger charge is 2.39. The molecule has 4 heteroatoms. The van der Waals surface area contributed by atoms with Crippen molar-refractivity contribution in [2.75, 3.05) is 44.2 Å². The van der Waals surface area contributed by atoms with E-state index in [1.807, 2.05) is 18.2 Å². The number of hydrogen-bond donors (Lipinski definition) is 0. The maximum absolute atomic E-state index is 12.3. The third kappa shape index (κ3) is 3.54. The summed E-state index contributed by atoms with van der Waals surface area (Å²) in [6, 6.07) is 20.8. The first-order chi connectivity index (χ1) is 12.3. The molecule has 0 aliphatic carbocycles. The molecule has 25 heavy (non-hydrogen) atoms. The van der Waals surface area contributed by atoms with Crippen molar-refractivity contribution in [1.29, 1.82) is 0 Å². The van der Waals surface area contributed by atoms with E-state index in [4.69, 9.17) is 4.74 Å². The average molecular weight is 336 g/mol. The van der Waals surface area contributed by atoms with E-state index < -0.39 is 0 Å². The Kier molecular flexibility index (Phi) is 4.70. The molecule has 2 aromatic carbocycles. The lowest BCUT2D eigenvalue weighted by atomic mass is 9.88. The van der Waals surface area contributed by atoms with Gasteiger partial charge in [-0.05, 0) is 17.7 Å². The summed E-state index contributed by atoms with van der Waals surface area (Å²) in [6.07, 6.45) is 0. The molecule has 4 rings (SSSR count). The van der Waals surface area contributed by atoms with Gasteiger partial charge in [0.1, 0.15) is 0 Å². The lowest BCUT2D eigenvalue weighted by Crippen LogP contribution is -2.48. The predicted molar refractivity (Wildman–Crippen MR) is 98.7 cm³/mol. The Labute approximate surface area is 149 Å². The van der Waals surface area contributed by atoms with E-state index >= 15 is 0 Å². The van der Waals surface area contributed by atoms with Gasteiger partial charge in [0.25, 0.3) is 0 Å². The minimum absolute atomic E-state index is 0.0423. The normalized spacial score (nSPS) is 24.3. The standard InChI is InChI=1S/C21H24N2O2/c24-21-19(20(16-25-21)17-7-3-1-4-8-17)15-22-11-13-23(14-12-22)18-9-5-2-6-10-18/h1-10,19-20H,11-16H2. The molecule has 2 atom stereocenters. The smallest absolute Gasteiger partial charge is 0.311 e. The number of anilines is 1. The monoisotopic (exact) mass is 336 g/mol. The van der Waals surface area contributed by atoms with Crippen molar-refractivity contribution < 1.29 is 9.53 Å². The van der Waals surface area contributed by atoms with E-state index in [1.54, 1.807) is 0 Å². The van der Waals surface area contributed by atoms with Gasteiger partial charge in [-0.3, -0.25) is 9.69 Å². The maximum atomic E-state index is 12.3. The average Bonchev–Trinajstić information content (AvgIpc) is 3.04. The van der Waals surface area contributed by atoms with Crippen LogP contribution in [0, 0.1) is 5.92 Å². The Hall–Kier alpha value is -2.33. The van der Waals surface area contributed by atoms with E-state index in [0.29, 0.717) is 6.61 Å². The highest BCUT2D eigenvalue weighted by atomic mass is 16.5. The summed E-state index contributed by atoms with van der Waals surface area (Å²) in [5, 5.41) is 0. The molecule has 2 saturated heterocycles. The number of esters is 1. The van der Waals surface area contributed by atoms with Gasteiger partial charge in [-0.25, -0.2) is 0 Å². The lowest BCUT2D eigenvalue weighted by Gasteiger charge is -2.37. The van der Waals surface area contributed by atoms with Crippen LogP contribution in [0.1, 0.15) is 11.5 Å². The van der Waals surface area contributed by atoms with Crippen LogP contribution in [0.15, 0.2) is 60.7 Å². The van der Waals surface area contributed by atoms with E-state index in [0.717, 1.165) is 32.7 Å². The van der Waals surface area contributed by atoms with Crippen molar-refractivity contribution in [3.63, 3.8) is 0 Å². The van der Waals surface area contributed by atoms with Crippen LogP contribution in [-0.4, -0.2) is 50.2 Å². The molecule has 2 aromatic rings. The number of carbonyl (C=O) groups is 1. The molecule has 130 valence electrons. The molecule has 0 saturated carbocycles. The zero-order valence-corrected chi connectivity index (χ0v) is 14.4. The Morgan fingerprint density at radius 3 is 2.20 bits per heavy atom. The molecule has 2 fully saturated rings. The molecule has 0 bridgehead atoms. The summed E-state index contributed by atoms with van der Waals surface area (Å²) in [5.74, 6) is 0.0888. The predicted octanol–water partition coefficient (Wildman–Crippen LogP) is 2.77. The fraction of sp³-hybridized carbons (Fsp3) is 0.381. The van der Waals surface area contributed by atoms with E-state index in [9.17, 15) is 4.79 Å². The SMILES string of the molecule is O=C1OCC(c2ccccc2)C1CN1CCN(c2ccccc2)CC1. The fourth-order valence-electron chi connectivity index (χ4n) is 3.90. The Morgan fingerprint density at radius 2 is 1.52 bits per heavy atom. The van der Waals surface area contributed by atoms with Gasteiger partial charge < -0.3 is 9.64 Å². The van der Waals surface area contributed by atoms with Crippen molar-refractivity contribution in [2.24, 2.45) is 5.92 Å². The number of ether oxygens (including phenoxy) is 1. The number of carbonyl (C=O) groups excluding carboxylic acids is 1. The van der Waals surface area contributed by atoms with Crippen molar-refractivity contribution >= 4 is 11.7 Å². The van der Waals surface area contributed by atoms with Crippen LogP contribution in [-0.2, 0) is 9.53 Å². The van der Waals surface area contributed by atoms with Gasteiger partial charge >= 0.3 is 5.97 Å². The van der Waals surface area contributed by atoms with Gasteiger partial charge in [0.15, 0.2) is 0 Å². The zero-order chi connectivity index (χ0) is 17.1. The number of benzene rings is 2. The number of para-hydroxylation sites is 1. The summed E-state index contributed by atoms with van der Waals surface area (Å²) in [6.45, 7) is 5.28. The van der Waals surface area contributed by atoms with Crippen LogP contribution in [0.4, 0.5) is 5.69 Å². The molecule has 0 amide bonds. The Bertz CT molecular complexity index is 696. The Morgan fingerprint density at radius 1 is 0.880 bits per heavy atom. The summed E-state index contributed by atoms with van der Waals surface area (Å²) < 4.78 is 5.39. The molecule has 2 heterocycles. The maximum Gasteiger partial charge on any atom is 0.311 e. The minimum Gasteiger partial charge on any atom is -0.465 e. The molecule has 4 nitrogen and oxygen atoms in total. The molecule has 0 N–H and O–H groups in total. The first kappa shape index (κ1) is 16.2. The van der Waals surface area contributed by atoms with Gasteiger partial charge in [0, 0.05) is 44.3 Å². The molecular weight excluding hydrogens is 312 g/mol. The second kappa shape index (κ2) is 7.28. The van der Waals surface area contributed by atoms with Crippen molar-refractivity contribution in [2.45, 2.75) is 5.92 Å². The third-order valence-corrected chi connectivity index (χ3v) is 5.37. The highest BCUT2D eigenvalue weighted by molar-refractivity contribution is 5.76. The van der Waals surface area contributed by atoms with E-state index in [1.165, 1.54) is 11.3 Å². The third-order valence-electron chi connectivity index (χ3n) is 5.37. The highest BCUT2D eigenvalue weighted by Crippen LogP contribution is 2.32. The van der Waals surface area contributed by atoms with Crippen LogP contribution in [0.5, 0.6) is 0 Å². The van der Waals surface area contributed by atoms with Crippen LogP contribution >= 0.6 is 0 Å². The molecule has 0 aromatic heterocycles. The van der Waals surface area contributed by atoms with Crippen molar-refractivity contribution in [1.82, 2.24) is 4.90 Å². The second-order valence-electron chi connectivity index (χ2n) is 6.88. The second-order valence-corrected chi connectivity index (χ2v) is 6.88. The number of nitrogens with zero attached hydrogens (tertiary/aromatic N) is 2. The van der Waals surface area contributed by atoms with Crippen LogP contribution in [0.2, 0.25) is 0 Å². The van der Waals surface area contributed by atoms with Gasteiger partial charge in [0.2, 0.25) is 0 Å². The fourth-order valence-corrected chi connectivity index (χ4v) is 3.90. The number of rotatable bonds is 4.